The average molecular weight is 289 g/mol. The summed E-state index contributed by atoms with van der Waals surface area (Å²) in [6.07, 6.45) is 0.856. The van der Waals surface area contributed by atoms with Crippen LogP contribution in [-0.2, 0) is 6.54 Å². The van der Waals surface area contributed by atoms with Gasteiger partial charge >= 0.3 is 0 Å². The topological polar surface area (TPSA) is 67.1 Å². The van der Waals surface area contributed by atoms with Crippen LogP contribution in [0.3, 0.4) is 0 Å². The van der Waals surface area contributed by atoms with Crippen molar-refractivity contribution in [2.45, 2.75) is 45.8 Å². The van der Waals surface area contributed by atoms with E-state index in [2.05, 4.69) is 41.2 Å². The van der Waals surface area contributed by atoms with E-state index in [0.717, 1.165) is 17.9 Å². The van der Waals surface area contributed by atoms with E-state index in [-0.39, 0.29) is 18.7 Å². The van der Waals surface area contributed by atoms with Crippen LogP contribution in [0, 0.1) is 0 Å². The van der Waals surface area contributed by atoms with Crippen LogP contribution in [0.4, 0.5) is 5.69 Å². The SMILES string of the molecule is CCC(CO)N(Cc1nnnn1C(C)C)c1ccccc1. The molecule has 0 aliphatic heterocycles. The average Bonchev–Trinajstić information content (AvgIpc) is 2.97. The van der Waals surface area contributed by atoms with E-state index in [1.807, 2.05) is 35.0 Å². The lowest BCUT2D eigenvalue weighted by molar-refractivity contribution is 0.254. The zero-order valence-electron chi connectivity index (χ0n) is 12.8. The van der Waals surface area contributed by atoms with Crippen LogP contribution in [0.1, 0.15) is 39.1 Å². The fourth-order valence-electron chi connectivity index (χ4n) is 2.37. The molecule has 2 rings (SSSR count). The lowest BCUT2D eigenvalue weighted by atomic mass is 10.1. The molecule has 0 saturated carbocycles. The zero-order valence-corrected chi connectivity index (χ0v) is 12.8. The highest BCUT2D eigenvalue weighted by Gasteiger charge is 2.20. The van der Waals surface area contributed by atoms with Crippen molar-refractivity contribution in [2.75, 3.05) is 11.5 Å². The summed E-state index contributed by atoms with van der Waals surface area (Å²) >= 11 is 0. The molecule has 114 valence electrons. The Balaban J connectivity index is 2.30. The van der Waals surface area contributed by atoms with Crippen LogP contribution < -0.4 is 4.90 Å². The van der Waals surface area contributed by atoms with Gasteiger partial charge in [0.2, 0.25) is 0 Å². The van der Waals surface area contributed by atoms with Gasteiger partial charge in [-0.2, -0.15) is 0 Å². The number of hydrogen-bond acceptors (Lipinski definition) is 5. The second-order valence-electron chi connectivity index (χ2n) is 5.34. The zero-order chi connectivity index (χ0) is 15.2. The van der Waals surface area contributed by atoms with Crippen molar-refractivity contribution in [1.82, 2.24) is 20.2 Å². The van der Waals surface area contributed by atoms with Crippen molar-refractivity contribution >= 4 is 5.69 Å². The predicted octanol–water partition coefficient (Wildman–Crippen LogP) is 2.03. The van der Waals surface area contributed by atoms with Crippen molar-refractivity contribution in [3.8, 4) is 0 Å². The molecule has 2 aromatic rings. The van der Waals surface area contributed by atoms with E-state index in [1.165, 1.54) is 0 Å². The minimum Gasteiger partial charge on any atom is -0.394 e. The van der Waals surface area contributed by atoms with Gasteiger partial charge in [0, 0.05) is 5.69 Å². The number of anilines is 1. The third kappa shape index (κ3) is 3.58. The number of hydrogen-bond donors (Lipinski definition) is 1. The molecular formula is C15H23N5O. The molecule has 6 heteroatoms. The van der Waals surface area contributed by atoms with Crippen molar-refractivity contribution < 1.29 is 5.11 Å². The monoisotopic (exact) mass is 289 g/mol. The van der Waals surface area contributed by atoms with E-state index in [0.29, 0.717) is 6.54 Å². The smallest absolute Gasteiger partial charge is 0.170 e. The first-order valence-corrected chi connectivity index (χ1v) is 7.36. The Kier molecular flexibility index (Phi) is 5.27. The highest BCUT2D eigenvalue weighted by Crippen LogP contribution is 2.21. The molecule has 1 N–H and O–H groups in total. The molecule has 1 unspecified atom stereocenters. The van der Waals surface area contributed by atoms with E-state index >= 15 is 0 Å². The van der Waals surface area contributed by atoms with Crippen molar-refractivity contribution in [2.24, 2.45) is 0 Å². The Morgan fingerprint density at radius 2 is 1.95 bits per heavy atom. The van der Waals surface area contributed by atoms with Gasteiger partial charge in [-0.15, -0.1) is 5.10 Å². The molecule has 0 spiro atoms. The van der Waals surface area contributed by atoms with Gasteiger partial charge in [-0.3, -0.25) is 0 Å². The number of rotatable bonds is 7. The van der Waals surface area contributed by atoms with Crippen molar-refractivity contribution in [1.29, 1.82) is 0 Å². The van der Waals surface area contributed by atoms with Gasteiger partial charge < -0.3 is 10.0 Å². The number of para-hydroxylation sites is 1. The lowest BCUT2D eigenvalue weighted by Gasteiger charge is -2.31. The maximum atomic E-state index is 9.66. The lowest BCUT2D eigenvalue weighted by Crippen LogP contribution is -2.38. The summed E-state index contributed by atoms with van der Waals surface area (Å²) in [5.74, 6) is 0.806. The van der Waals surface area contributed by atoms with E-state index in [4.69, 9.17) is 0 Å². The summed E-state index contributed by atoms with van der Waals surface area (Å²) in [7, 11) is 0. The molecule has 1 aromatic carbocycles. The molecule has 0 aliphatic rings. The second kappa shape index (κ2) is 7.17. The number of nitrogens with zero attached hydrogens (tertiary/aromatic N) is 5. The Labute approximate surface area is 125 Å². The summed E-state index contributed by atoms with van der Waals surface area (Å²) in [6, 6.07) is 10.3. The first-order valence-electron chi connectivity index (χ1n) is 7.36. The Bertz CT molecular complexity index is 536. The maximum Gasteiger partial charge on any atom is 0.170 e. The molecule has 0 aliphatic carbocycles. The highest BCUT2D eigenvalue weighted by molar-refractivity contribution is 5.47. The summed E-state index contributed by atoms with van der Waals surface area (Å²) in [5.41, 5.74) is 1.07. The third-order valence-electron chi connectivity index (χ3n) is 3.57. The fourth-order valence-corrected chi connectivity index (χ4v) is 2.37. The van der Waals surface area contributed by atoms with Gasteiger partial charge in [-0.1, -0.05) is 25.1 Å². The van der Waals surface area contributed by atoms with Gasteiger partial charge in [0.15, 0.2) is 5.82 Å². The summed E-state index contributed by atoms with van der Waals surface area (Å²) in [5, 5.41) is 21.6. The Hall–Kier alpha value is -1.95. The Morgan fingerprint density at radius 1 is 1.24 bits per heavy atom. The summed E-state index contributed by atoms with van der Waals surface area (Å²) < 4.78 is 1.82. The molecule has 0 fully saturated rings. The van der Waals surface area contributed by atoms with Crippen molar-refractivity contribution in [3.05, 3.63) is 36.2 Å². The first-order chi connectivity index (χ1) is 10.2. The number of aliphatic hydroxyl groups is 1. The molecule has 0 saturated heterocycles. The number of benzene rings is 1. The normalized spacial score (nSPS) is 12.6. The molecule has 0 amide bonds. The first kappa shape index (κ1) is 15.4. The molecular weight excluding hydrogens is 266 g/mol. The van der Waals surface area contributed by atoms with Crippen LogP contribution in [-0.4, -0.2) is 38.0 Å². The van der Waals surface area contributed by atoms with E-state index in [1.54, 1.807) is 0 Å². The van der Waals surface area contributed by atoms with E-state index in [9.17, 15) is 5.11 Å². The van der Waals surface area contributed by atoms with E-state index < -0.39 is 0 Å². The quantitative estimate of drug-likeness (QED) is 0.844. The minimum absolute atomic E-state index is 0.0460. The van der Waals surface area contributed by atoms with Gasteiger partial charge in [0.1, 0.15) is 0 Å². The van der Waals surface area contributed by atoms with Crippen molar-refractivity contribution in [3.63, 3.8) is 0 Å². The number of aromatic nitrogens is 4. The van der Waals surface area contributed by atoms with Crippen LogP contribution in [0.25, 0.3) is 0 Å². The fraction of sp³-hybridized carbons (Fsp3) is 0.533. The second-order valence-corrected chi connectivity index (χ2v) is 5.34. The van der Waals surface area contributed by atoms with Gasteiger partial charge in [-0.25, -0.2) is 4.68 Å². The number of tetrazole rings is 1. The highest BCUT2D eigenvalue weighted by atomic mass is 16.3. The van der Waals surface area contributed by atoms with Gasteiger partial charge in [-0.05, 0) is 42.8 Å². The molecule has 0 radical (unpaired) electrons. The largest absolute Gasteiger partial charge is 0.394 e. The van der Waals surface area contributed by atoms with Crippen LogP contribution in [0.15, 0.2) is 30.3 Å². The molecule has 0 bridgehead atoms. The van der Waals surface area contributed by atoms with Crippen LogP contribution in [0.2, 0.25) is 0 Å². The van der Waals surface area contributed by atoms with Crippen LogP contribution in [0.5, 0.6) is 0 Å². The minimum atomic E-state index is 0.0460. The molecule has 6 nitrogen and oxygen atoms in total. The standard InChI is InChI=1S/C15H23N5O/c1-4-13(11-21)19(14-8-6-5-7-9-14)10-15-16-17-18-20(15)12(2)3/h5-9,12-13,21H,4,10-11H2,1-3H3. The summed E-state index contributed by atoms with van der Waals surface area (Å²) in [6.45, 7) is 6.86. The molecule has 1 atom stereocenters. The molecule has 21 heavy (non-hydrogen) atoms. The van der Waals surface area contributed by atoms with Gasteiger partial charge in [0.05, 0.1) is 25.2 Å². The number of aliphatic hydroxyl groups excluding tert-OH is 1. The third-order valence-corrected chi connectivity index (χ3v) is 3.57. The Morgan fingerprint density at radius 3 is 2.52 bits per heavy atom. The summed E-state index contributed by atoms with van der Waals surface area (Å²) in [4.78, 5) is 2.16. The molecule has 1 aromatic heterocycles. The van der Waals surface area contributed by atoms with Gasteiger partial charge in [0.25, 0.3) is 0 Å². The predicted molar refractivity (Wildman–Crippen MR) is 82.0 cm³/mol. The maximum absolute atomic E-state index is 9.66. The van der Waals surface area contributed by atoms with Crippen LogP contribution >= 0.6 is 0 Å². The molecule has 1 heterocycles.